The molecule has 0 spiro atoms. The maximum Gasteiger partial charge on any atom is 0.0541 e. The van der Waals surface area contributed by atoms with Crippen LogP contribution in [0.1, 0.15) is 31.4 Å². The first-order valence-corrected chi connectivity index (χ1v) is 18.9. The molecule has 8 aromatic rings. The van der Waals surface area contributed by atoms with Crippen LogP contribution in [0.5, 0.6) is 0 Å². The summed E-state index contributed by atoms with van der Waals surface area (Å²) in [6, 6.07) is 63.9. The molecule has 0 fully saturated rings. The summed E-state index contributed by atoms with van der Waals surface area (Å²) in [4.78, 5) is 2.43. The molecule has 0 saturated carbocycles. The van der Waals surface area contributed by atoms with E-state index in [-0.39, 0.29) is 5.41 Å². The van der Waals surface area contributed by atoms with Gasteiger partial charge in [0.05, 0.1) is 11.0 Å². The molecule has 1 aromatic heterocycles. The fourth-order valence-corrected chi connectivity index (χ4v) is 8.78. The summed E-state index contributed by atoms with van der Waals surface area (Å²) in [6.45, 7) is 4.72. The van der Waals surface area contributed by atoms with E-state index in [2.05, 4.69) is 217 Å². The highest BCUT2D eigenvalue weighted by molar-refractivity contribution is 6.10. The van der Waals surface area contributed by atoms with Gasteiger partial charge >= 0.3 is 0 Å². The van der Waals surface area contributed by atoms with E-state index in [1.165, 1.54) is 77.7 Å². The largest absolute Gasteiger partial charge is 0.314 e. The van der Waals surface area contributed by atoms with Crippen molar-refractivity contribution in [2.45, 2.75) is 25.7 Å². The van der Waals surface area contributed by atoms with E-state index in [0.717, 1.165) is 17.8 Å². The molecule has 7 aromatic carbocycles. The van der Waals surface area contributed by atoms with Crippen molar-refractivity contribution in [3.8, 4) is 27.9 Å². The van der Waals surface area contributed by atoms with Crippen molar-refractivity contribution in [2.75, 3.05) is 4.90 Å². The van der Waals surface area contributed by atoms with Gasteiger partial charge in [-0.05, 0) is 105 Å². The van der Waals surface area contributed by atoms with Crippen molar-refractivity contribution < 1.29 is 0 Å². The van der Waals surface area contributed by atoms with Gasteiger partial charge in [0.25, 0.3) is 0 Å². The third-order valence-electron chi connectivity index (χ3n) is 11.5. The Morgan fingerprint density at radius 3 is 1.81 bits per heavy atom. The van der Waals surface area contributed by atoms with E-state index in [1.807, 2.05) is 0 Å². The number of benzene rings is 7. The number of fused-ring (bicyclic) bond motifs is 6. The number of anilines is 2. The van der Waals surface area contributed by atoms with Gasteiger partial charge < -0.3 is 9.47 Å². The summed E-state index contributed by atoms with van der Waals surface area (Å²) in [6.07, 6.45) is 7.98. The molecule has 0 atom stereocenters. The van der Waals surface area contributed by atoms with Crippen molar-refractivity contribution >= 4 is 38.8 Å². The van der Waals surface area contributed by atoms with Gasteiger partial charge in [-0.3, -0.25) is 0 Å². The number of allylic oxidation sites excluding steroid dienone is 5. The second-order valence-electron chi connectivity index (χ2n) is 14.9. The number of nitrogens with zero attached hydrogens (tertiary/aromatic N) is 2. The van der Waals surface area contributed by atoms with Crippen LogP contribution in [0.25, 0.3) is 55.3 Å². The molecule has 1 heterocycles. The predicted molar refractivity (Wildman–Crippen MR) is 228 cm³/mol. The van der Waals surface area contributed by atoms with E-state index in [0.29, 0.717) is 0 Å². The molecular formula is C52H40N2. The molecule has 2 heteroatoms. The van der Waals surface area contributed by atoms with Gasteiger partial charge in [0, 0.05) is 45.4 Å². The highest BCUT2D eigenvalue weighted by atomic mass is 15.1. The number of aromatic nitrogens is 1. The van der Waals surface area contributed by atoms with E-state index in [1.54, 1.807) is 0 Å². The third kappa shape index (κ3) is 5.25. The van der Waals surface area contributed by atoms with Crippen LogP contribution < -0.4 is 4.90 Å². The first-order valence-electron chi connectivity index (χ1n) is 18.9. The lowest BCUT2D eigenvalue weighted by Gasteiger charge is -2.28. The zero-order valence-electron chi connectivity index (χ0n) is 30.6. The summed E-state index contributed by atoms with van der Waals surface area (Å²) in [5.41, 5.74) is 17.4. The Morgan fingerprint density at radius 2 is 1.07 bits per heavy atom. The summed E-state index contributed by atoms with van der Waals surface area (Å²) in [7, 11) is 0. The molecule has 0 aliphatic heterocycles. The Kier molecular flexibility index (Phi) is 7.59. The zero-order valence-corrected chi connectivity index (χ0v) is 30.6. The fourth-order valence-electron chi connectivity index (χ4n) is 8.78. The first-order chi connectivity index (χ1) is 26.5. The highest BCUT2D eigenvalue weighted by Crippen LogP contribution is 2.51. The molecule has 0 saturated heterocycles. The summed E-state index contributed by atoms with van der Waals surface area (Å²) < 4.78 is 2.37. The maximum absolute atomic E-state index is 2.46. The summed E-state index contributed by atoms with van der Waals surface area (Å²) >= 11 is 0. The smallest absolute Gasteiger partial charge is 0.0541 e. The quantitative estimate of drug-likeness (QED) is 0.168. The third-order valence-corrected chi connectivity index (χ3v) is 11.5. The van der Waals surface area contributed by atoms with Gasteiger partial charge in [0.15, 0.2) is 0 Å². The van der Waals surface area contributed by atoms with Crippen LogP contribution in [-0.4, -0.2) is 4.57 Å². The van der Waals surface area contributed by atoms with E-state index >= 15 is 0 Å². The standard InChI is InChI=1S/C52H40N2/c1-52(2)48-19-11-9-17-44(48)45-32-30-43(31-33-49(45)52)53(41-26-21-37(22-27-41)36-13-5-3-6-14-36)42-28-23-38(24-29-42)39-25-34-51-47(35-39)46-18-10-12-20-50(46)54(51)40-15-7-4-8-16-40/h3-30,32-35H,31H2,1-2H3. The topological polar surface area (TPSA) is 8.17 Å². The van der Waals surface area contributed by atoms with E-state index in [4.69, 9.17) is 0 Å². The molecule has 0 bridgehead atoms. The van der Waals surface area contributed by atoms with Crippen molar-refractivity contribution in [2.24, 2.45) is 0 Å². The molecule has 0 amide bonds. The number of hydrogen-bond donors (Lipinski definition) is 0. The Hall–Kier alpha value is -6.64. The minimum absolute atomic E-state index is 0.0377. The first kappa shape index (κ1) is 32.0. The fraction of sp³-hybridized carbons (Fsp3) is 0.0769. The molecule has 10 rings (SSSR count). The Balaban J connectivity index is 1.06. The van der Waals surface area contributed by atoms with Gasteiger partial charge in [-0.2, -0.15) is 0 Å². The van der Waals surface area contributed by atoms with Crippen LogP contribution in [-0.2, 0) is 5.41 Å². The minimum Gasteiger partial charge on any atom is -0.314 e. The lowest BCUT2D eigenvalue weighted by molar-refractivity contribution is 0.658. The van der Waals surface area contributed by atoms with Crippen LogP contribution >= 0.6 is 0 Å². The predicted octanol–water partition coefficient (Wildman–Crippen LogP) is 13.8. The van der Waals surface area contributed by atoms with Crippen molar-refractivity contribution in [1.29, 1.82) is 0 Å². The SMILES string of the molecule is CC1(C)C2=CCC(N(c3ccc(-c4ccccc4)cc3)c3ccc(-c4ccc5c(c4)c4ccccc4n5-c4ccccc4)cc3)=CC=C2c2ccccc21. The van der Waals surface area contributed by atoms with Crippen LogP contribution in [0.2, 0.25) is 0 Å². The second-order valence-corrected chi connectivity index (χ2v) is 14.9. The van der Waals surface area contributed by atoms with Crippen molar-refractivity contribution in [3.05, 3.63) is 217 Å². The minimum atomic E-state index is -0.0377. The van der Waals surface area contributed by atoms with Gasteiger partial charge in [-0.25, -0.2) is 0 Å². The lowest BCUT2D eigenvalue weighted by atomic mass is 9.82. The van der Waals surface area contributed by atoms with Gasteiger partial charge in [0.2, 0.25) is 0 Å². The molecule has 0 radical (unpaired) electrons. The monoisotopic (exact) mass is 692 g/mol. The van der Waals surface area contributed by atoms with Crippen molar-refractivity contribution in [1.82, 2.24) is 4.57 Å². The molecule has 2 aliphatic carbocycles. The molecule has 0 N–H and O–H groups in total. The second kappa shape index (κ2) is 12.8. The lowest BCUT2D eigenvalue weighted by Crippen LogP contribution is -2.17. The average Bonchev–Trinajstić information content (AvgIpc) is 3.54. The molecule has 54 heavy (non-hydrogen) atoms. The number of rotatable bonds is 6. The van der Waals surface area contributed by atoms with Crippen molar-refractivity contribution in [3.63, 3.8) is 0 Å². The van der Waals surface area contributed by atoms with Gasteiger partial charge in [-0.1, -0.05) is 147 Å². The van der Waals surface area contributed by atoms with Crippen LogP contribution in [0.4, 0.5) is 11.4 Å². The molecule has 0 unspecified atom stereocenters. The molecule has 2 aliphatic rings. The summed E-state index contributed by atoms with van der Waals surface area (Å²) in [5.74, 6) is 0. The molecular weight excluding hydrogens is 653 g/mol. The zero-order chi connectivity index (χ0) is 36.2. The Bertz CT molecular complexity index is 2780. The maximum atomic E-state index is 2.46. The average molecular weight is 693 g/mol. The van der Waals surface area contributed by atoms with Gasteiger partial charge in [0.1, 0.15) is 0 Å². The number of para-hydroxylation sites is 2. The Morgan fingerprint density at radius 1 is 0.500 bits per heavy atom. The Labute approximate surface area is 317 Å². The molecule has 258 valence electrons. The highest BCUT2D eigenvalue weighted by Gasteiger charge is 2.38. The van der Waals surface area contributed by atoms with E-state index in [9.17, 15) is 0 Å². The van der Waals surface area contributed by atoms with Crippen LogP contribution in [0, 0.1) is 0 Å². The van der Waals surface area contributed by atoms with Gasteiger partial charge in [-0.15, -0.1) is 0 Å². The normalized spacial score (nSPS) is 14.5. The van der Waals surface area contributed by atoms with E-state index < -0.39 is 0 Å². The number of hydrogen-bond acceptors (Lipinski definition) is 1. The van der Waals surface area contributed by atoms with Crippen LogP contribution in [0.3, 0.4) is 0 Å². The molecule has 2 nitrogen and oxygen atoms in total. The summed E-state index contributed by atoms with van der Waals surface area (Å²) in [5, 5.41) is 2.52. The van der Waals surface area contributed by atoms with Crippen LogP contribution in [0.15, 0.2) is 205 Å².